The Morgan fingerprint density at radius 1 is 1.37 bits per heavy atom. The van der Waals surface area contributed by atoms with Gasteiger partial charge in [-0.3, -0.25) is 9.78 Å². The van der Waals surface area contributed by atoms with Gasteiger partial charge >= 0.3 is 5.97 Å². The van der Waals surface area contributed by atoms with Gasteiger partial charge in [0.25, 0.3) is 0 Å². The van der Waals surface area contributed by atoms with Crippen LogP contribution in [-0.2, 0) is 16.1 Å². The number of rotatable bonds is 6. The van der Waals surface area contributed by atoms with Crippen LogP contribution in [0.2, 0.25) is 0 Å². The van der Waals surface area contributed by atoms with Crippen molar-refractivity contribution in [2.45, 2.75) is 45.8 Å². The van der Waals surface area contributed by atoms with Crippen LogP contribution < -0.4 is 5.32 Å². The van der Waals surface area contributed by atoms with Crippen LogP contribution in [0, 0.1) is 13.8 Å². The Morgan fingerprint density at radius 3 is 2.74 bits per heavy atom. The van der Waals surface area contributed by atoms with Crippen LogP contribution in [0.15, 0.2) is 30.5 Å². The second-order valence-corrected chi connectivity index (χ2v) is 7.10. The molecular formula is C20H26N4O2S. The maximum atomic E-state index is 11.7. The number of nitrogens with one attached hydrogen (secondary N) is 1. The third-order valence-corrected chi connectivity index (χ3v) is 5.58. The Kier molecular flexibility index (Phi) is 5.79. The van der Waals surface area contributed by atoms with Gasteiger partial charge < -0.3 is 19.5 Å². The number of hydrogen-bond acceptors (Lipinski definition) is 4. The van der Waals surface area contributed by atoms with Crippen molar-refractivity contribution in [1.29, 1.82) is 0 Å². The first-order valence-corrected chi connectivity index (χ1v) is 9.60. The quantitative estimate of drug-likeness (QED) is 0.608. The summed E-state index contributed by atoms with van der Waals surface area (Å²) in [5.74, 6) is -0.239. The van der Waals surface area contributed by atoms with E-state index in [-0.39, 0.29) is 24.5 Å². The van der Waals surface area contributed by atoms with Crippen LogP contribution >= 0.6 is 12.2 Å². The van der Waals surface area contributed by atoms with E-state index in [4.69, 9.17) is 17.0 Å². The Labute approximate surface area is 165 Å². The molecule has 0 spiro atoms. The minimum absolute atomic E-state index is 0.0245. The van der Waals surface area contributed by atoms with E-state index in [9.17, 15) is 4.79 Å². The topological polar surface area (TPSA) is 59.4 Å². The number of hydrogen-bond donors (Lipinski definition) is 1. The van der Waals surface area contributed by atoms with Crippen LogP contribution in [0.25, 0.3) is 0 Å². The van der Waals surface area contributed by atoms with E-state index in [1.807, 2.05) is 18.2 Å². The summed E-state index contributed by atoms with van der Waals surface area (Å²) in [6.07, 6.45) is 2.08. The van der Waals surface area contributed by atoms with Crippen molar-refractivity contribution >= 4 is 23.3 Å². The molecule has 2 aromatic heterocycles. The summed E-state index contributed by atoms with van der Waals surface area (Å²) in [5, 5.41) is 4.06. The van der Waals surface area contributed by atoms with Gasteiger partial charge in [-0.05, 0) is 56.8 Å². The standard InChI is InChI=1S/C20H26N4O2S/c1-5-23-13(2)12-15(14(23)3)19-18(16-8-6-7-10-21-16)22-20(27)24(19)11-9-17(25)26-4/h6-8,10,12,18-19H,5,9,11H2,1-4H3,(H,22,27). The maximum Gasteiger partial charge on any atom is 0.307 e. The van der Waals surface area contributed by atoms with Gasteiger partial charge in [0.05, 0.1) is 31.3 Å². The first kappa shape index (κ1) is 19.4. The van der Waals surface area contributed by atoms with Crippen LogP contribution in [0.4, 0.5) is 0 Å². The van der Waals surface area contributed by atoms with Crippen LogP contribution in [-0.4, -0.2) is 39.2 Å². The zero-order chi connectivity index (χ0) is 19.6. The Balaban J connectivity index is 2.03. The van der Waals surface area contributed by atoms with Gasteiger partial charge in [-0.15, -0.1) is 0 Å². The lowest BCUT2D eigenvalue weighted by Crippen LogP contribution is -2.32. The largest absolute Gasteiger partial charge is 0.469 e. The van der Waals surface area contributed by atoms with Crippen LogP contribution in [0.5, 0.6) is 0 Å². The van der Waals surface area contributed by atoms with Gasteiger partial charge in [0.15, 0.2) is 5.11 Å². The molecule has 3 rings (SSSR count). The van der Waals surface area contributed by atoms with E-state index >= 15 is 0 Å². The number of thiocarbonyl (C=S) groups is 1. The molecule has 0 aliphatic carbocycles. The average molecular weight is 387 g/mol. The average Bonchev–Trinajstić information content (AvgIpc) is 3.15. The van der Waals surface area contributed by atoms with E-state index in [1.165, 1.54) is 24.1 Å². The Bertz CT molecular complexity index is 834. The van der Waals surface area contributed by atoms with Gasteiger partial charge in [-0.2, -0.15) is 0 Å². The third-order valence-electron chi connectivity index (χ3n) is 5.23. The van der Waals surface area contributed by atoms with Crippen molar-refractivity contribution in [3.63, 3.8) is 0 Å². The second kappa shape index (κ2) is 8.08. The number of pyridine rings is 1. The van der Waals surface area contributed by atoms with Crippen LogP contribution in [0.3, 0.4) is 0 Å². The molecule has 0 amide bonds. The van der Waals surface area contributed by atoms with Crippen LogP contribution in [0.1, 0.15) is 48.1 Å². The van der Waals surface area contributed by atoms with Crippen molar-refractivity contribution < 1.29 is 9.53 Å². The molecule has 0 bridgehead atoms. The summed E-state index contributed by atoms with van der Waals surface area (Å²) in [7, 11) is 1.41. The number of nitrogens with zero attached hydrogens (tertiary/aromatic N) is 3. The molecule has 2 unspecified atom stereocenters. The molecule has 1 saturated heterocycles. The van der Waals surface area contributed by atoms with Gasteiger partial charge in [-0.25, -0.2) is 0 Å². The number of aromatic nitrogens is 2. The highest BCUT2D eigenvalue weighted by molar-refractivity contribution is 7.80. The summed E-state index contributed by atoms with van der Waals surface area (Å²) in [4.78, 5) is 18.4. The van der Waals surface area contributed by atoms with E-state index < -0.39 is 0 Å². The molecule has 7 heteroatoms. The van der Waals surface area contributed by atoms with Crippen molar-refractivity contribution in [1.82, 2.24) is 19.8 Å². The highest BCUT2D eigenvalue weighted by atomic mass is 32.1. The molecule has 6 nitrogen and oxygen atoms in total. The fourth-order valence-electron chi connectivity index (χ4n) is 3.91. The number of methoxy groups -OCH3 is 1. The third kappa shape index (κ3) is 3.69. The minimum Gasteiger partial charge on any atom is -0.469 e. The number of aryl methyl sites for hydroxylation is 1. The maximum absolute atomic E-state index is 11.7. The summed E-state index contributed by atoms with van der Waals surface area (Å²) in [6.45, 7) is 7.82. The normalized spacial score (nSPS) is 19.3. The van der Waals surface area contributed by atoms with Gasteiger partial charge in [0.1, 0.15) is 0 Å². The monoisotopic (exact) mass is 386 g/mol. The first-order valence-electron chi connectivity index (χ1n) is 9.19. The molecule has 0 radical (unpaired) electrons. The second-order valence-electron chi connectivity index (χ2n) is 6.72. The molecule has 1 aliphatic rings. The molecule has 3 heterocycles. The summed E-state index contributed by atoms with van der Waals surface area (Å²) >= 11 is 5.62. The Morgan fingerprint density at radius 2 is 2.15 bits per heavy atom. The van der Waals surface area contributed by atoms with Gasteiger partial charge in [-0.1, -0.05) is 6.07 Å². The molecule has 1 aliphatic heterocycles. The predicted octanol–water partition coefficient (Wildman–Crippen LogP) is 3.06. The molecule has 0 saturated carbocycles. The van der Waals surface area contributed by atoms with E-state index in [1.54, 1.807) is 6.20 Å². The highest BCUT2D eigenvalue weighted by Crippen LogP contribution is 2.40. The zero-order valence-corrected chi connectivity index (χ0v) is 17.0. The molecule has 1 fully saturated rings. The fraction of sp³-hybridized carbons (Fsp3) is 0.450. The molecular weight excluding hydrogens is 360 g/mol. The highest BCUT2D eigenvalue weighted by Gasteiger charge is 2.41. The van der Waals surface area contributed by atoms with E-state index in [0.717, 1.165) is 12.2 Å². The van der Waals surface area contributed by atoms with Crippen molar-refractivity contribution in [3.8, 4) is 0 Å². The number of carbonyl (C=O) groups excluding carboxylic acids is 1. The summed E-state index contributed by atoms with van der Waals surface area (Å²) in [6, 6.07) is 8.03. The van der Waals surface area contributed by atoms with E-state index in [0.29, 0.717) is 11.7 Å². The molecule has 0 aromatic carbocycles. The molecule has 1 N–H and O–H groups in total. The SMILES string of the molecule is CCn1c(C)cc(C2C(c3ccccn3)NC(=S)N2CCC(=O)OC)c1C. The fourth-order valence-corrected chi connectivity index (χ4v) is 4.24. The lowest BCUT2D eigenvalue weighted by molar-refractivity contribution is -0.140. The van der Waals surface area contributed by atoms with Gasteiger partial charge in [0, 0.05) is 30.7 Å². The molecule has 144 valence electrons. The lowest BCUT2D eigenvalue weighted by atomic mass is 9.96. The van der Waals surface area contributed by atoms with E-state index in [2.05, 4.69) is 46.6 Å². The molecule has 27 heavy (non-hydrogen) atoms. The summed E-state index contributed by atoms with van der Waals surface area (Å²) < 4.78 is 7.11. The van der Waals surface area contributed by atoms with Crippen molar-refractivity contribution in [2.24, 2.45) is 0 Å². The molecule has 2 aromatic rings. The zero-order valence-electron chi connectivity index (χ0n) is 16.2. The summed E-state index contributed by atoms with van der Waals surface area (Å²) in [5.41, 5.74) is 4.58. The van der Waals surface area contributed by atoms with Gasteiger partial charge in [0.2, 0.25) is 0 Å². The first-order chi connectivity index (χ1) is 13.0. The predicted molar refractivity (Wildman–Crippen MR) is 108 cm³/mol. The van der Waals surface area contributed by atoms with Crippen molar-refractivity contribution in [2.75, 3.05) is 13.7 Å². The molecule has 2 atom stereocenters. The smallest absolute Gasteiger partial charge is 0.307 e. The Hall–Kier alpha value is -2.41. The van der Waals surface area contributed by atoms with Crippen molar-refractivity contribution in [3.05, 3.63) is 53.1 Å². The minimum atomic E-state index is -0.239. The lowest BCUT2D eigenvalue weighted by Gasteiger charge is -2.27. The number of carbonyl (C=O) groups is 1. The number of esters is 1. The number of ether oxygens (including phenoxy) is 1.